The largest absolute Gasteiger partial charge is 0.469 e. The topological polar surface area (TPSA) is 87.1 Å². The first-order valence-electron chi connectivity index (χ1n) is 7.52. The monoisotopic (exact) mass is 321 g/mol. The lowest BCUT2D eigenvalue weighted by Gasteiger charge is -2.18. The molecule has 0 heterocycles. The highest BCUT2D eigenvalue weighted by Crippen LogP contribution is 2.35. The Morgan fingerprint density at radius 3 is 2.24 bits per heavy atom. The number of hydrogen-bond donors (Lipinski definition) is 2. The summed E-state index contributed by atoms with van der Waals surface area (Å²) in [7, 11) is -4.30. The minimum atomic E-state index is -4.30. The van der Waals surface area contributed by atoms with Gasteiger partial charge in [-0.05, 0) is 32.8 Å². The van der Waals surface area contributed by atoms with E-state index in [-0.39, 0.29) is 12.5 Å². The molecule has 21 heavy (non-hydrogen) atoms. The molecular formula is C14H28NO5P. The number of hydrogen-bond acceptors (Lipinski definition) is 3. The Hall–Kier alpha value is -0.680. The van der Waals surface area contributed by atoms with Crippen molar-refractivity contribution in [3.8, 4) is 0 Å². The van der Waals surface area contributed by atoms with E-state index in [9.17, 15) is 9.36 Å². The van der Waals surface area contributed by atoms with Gasteiger partial charge in [-0.2, -0.15) is 0 Å². The third kappa shape index (κ3) is 12.8. The van der Waals surface area contributed by atoms with E-state index in [1.165, 1.54) is 0 Å². The van der Waals surface area contributed by atoms with Gasteiger partial charge in [-0.25, -0.2) is 4.57 Å². The second kappa shape index (κ2) is 11.9. The standard InChI is InChI=1S/C14H28NO5P/c1-3-11-14(16)15(4-2)12-9-7-5-6-8-10-13-20-21(17,18)19/h3,11H,4-10,12-13H2,1-2H3,(H2,17,18,19)/b11-3+. The van der Waals surface area contributed by atoms with Crippen LogP contribution in [0.15, 0.2) is 12.2 Å². The number of likely N-dealkylation sites (N-methyl/N-ethyl adjacent to an activating group) is 1. The van der Waals surface area contributed by atoms with Crippen LogP contribution in [0.1, 0.15) is 52.4 Å². The SMILES string of the molecule is C/C=C/C(=O)N(CC)CCCCCCCCOP(=O)(O)O. The number of amides is 1. The Bertz CT molecular complexity index is 353. The highest BCUT2D eigenvalue weighted by Gasteiger charge is 2.12. The van der Waals surface area contributed by atoms with Gasteiger partial charge in [0.15, 0.2) is 0 Å². The summed E-state index contributed by atoms with van der Waals surface area (Å²) in [5.41, 5.74) is 0. The van der Waals surface area contributed by atoms with Crippen molar-refractivity contribution in [1.29, 1.82) is 0 Å². The molecule has 0 aliphatic rings. The molecule has 0 aliphatic heterocycles. The van der Waals surface area contributed by atoms with Crippen molar-refractivity contribution in [3.05, 3.63) is 12.2 Å². The summed E-state index contributed by atoms with van der Waals surface area (Å²) in [4.78, 5) is 30.5. The normalized spacial score (nSPS) is 12.0. The van der Waals surface area contributed by atoms with Gasteiger partial charge in [0.2, 0.25) is 5.91 Å². The van der Waals surface area contributed by atoms with E-state index in [2.05, 4.69) is 4.52 Å². The number of rotatable bonds is 12. The molecule has 0 unspecified atom stereocenters. The van der Waals surface area contributed by atoms with Gasteiger partial charge in [0.05, 0.1) is 6.61 Å². The third-order valence-electron chi connectivity index (χ3n) is 3.08. The molecule has 0 aromatic rings. The van der Waals surface area contributed by atoms with Gasteiger partial charge in [-0.3, -0.25) is 9.32 Å². The van der Waals surface area contributed by atoms with Crippen LogP contribution in [0.5, 0.6) is 0 Å². The maximum absolute atomic E-state index is 11.7. The number of carbonyl (C=O) groups is 1. The van der Waals surface area contributed by atoms with Crippen LogP contribution in [-0.4, -0.2) is 40.3 Å². The molecule has 0 saturated heterocycles. The van der Waals surface area contributed by atoms with E-state index in [0.717, 1.165) is 45.2 Å². The van der Waals surface area contributed by atoms with Crippen molar-refractivity contribution in [3.63, 3.8) is 0 Å². The fraction of sp³-hybridized carbons (Fsp3) is 0.786. The Balaban J connectivity index is 3.51. The molecule has 0 saturated carbocycles. The first-order valence-corrected chi connectivity index (χ1v) is 9.05. The van der Waals surface area contributed by atoms with E-state index in [0.29, 0.717) is 6.42 Å². The molecule has 0 spiro atoms. The average molecular weight is 321 g/mol. The summed E-state index contributed by atoms with van der Waals surface area (Å²) in [6.45, 7) is 5.42. The van der Waals surface area contributed by atoms with E-state index < -0.39 is 7.82 Å². The summed E-state index contributed by atoms with van der Waals surface area (Å²) < 4.78 is 14.8. The zero-order valence-electron chi connectivity index (χ0n) is 13.0. The van der Waals surface area contributed by atoms with E-state index in [1.54, 1.807) is 12.2 Å². The number of nitrogens with zero attached hydrogens (tertiary/aromatic N) is 1. The number of phosphoric acid groups is 1. The smallest absolute Gasteiger partial charge is 0.339 e. The predicted molar refractivity (Wildman–Crippen MR) is 82.8 cm³/mol. The van der Waals surface area contributed by atoms with Crippen LogP contribution in [0.4, 0.5) is 0 Å². The lowest BCUT2D eigenvalue weighted by molar-refractivity contribution is -0.125. The quantitative estimate of drug-likeness (QED) is 0.328. The van der Waals surface area contributed by atoms with E-state index >= 15 is 0 Å². The van der Waals surface area contributed by atoms with Crippen molar-refractivity contribution in [2.24, 2.45) is 0 Å². The van der Waals surface area contributed by atoms with E-state index in [4.69, 9.17) is 9.79 Å². The lowest BCUT2D eigenvalue weighted by Crippen LogP contribution is -2.30. The molecule has 6 nitrogen and oxygen atoms in total. The number of allylic oxidation sites excluding steroid dienone is 1. The molecule has 0 atom stereocenters. The Morgan fingerprint density at radius 1 is 1.14 bits per heavy atom. The third-order valence-corrected chi connectivity index (χ3v) is 3.60. The van der Waals surface area contributed by atoms with Crippen LogP contribution < -0.4 is 0 Å². The summed E-state index contributed by atoms with van der Waals surface area (Å²) in [5, 5.41) is 0. The molecule has 124 valence electrons. The van der Waals surface area contributed by atoms with Crippen molar-refractivity contribution in [1.82, 2.24) is 4.90 Å². The van der Waals surface area contributed by atoms with Crippen LogP contribution in [0, 0.1) is 0 Å². The summed E-state index contributed by atoms with van der Waals surface area (Å²) >= 11 is 0. The molecule has 0 bridgehead atoms. The predicted octanol–water partition coefficient (Wildman–Crippen LogP) is 2.86. The van der Waals surface area contributed by atoms with Crippen molar-refractivity contribution >= 4 is 13.7 Å². The van der Waals surface area contributed by atoms with Crippen LogP contribution in [-0.2, 0) is 13.9 Å². The fourth-order valence-electron chi connectivity index (χ4n) is 1.97. The van der Waals surface area contributed by atoms with Gasteiger partial charge < -0.3 is 14.7 Å². The molecule has 2 N–H and O–H groups in total. The summed E-state index contributed by atoms with van der Waals surface area (Å²) in [6.07, 6.45) is 9.01. The summed E-state index contributed by atoms with van der Waals surface area (Å²) in [6, 6.07) is 0. The van der Waals surface area contributed by atoms with Gasteiger partial charge >= 0.3 is 7.82 Å². The van der Waals surface area contributed by atoms with Gasteiger partial charge in [-0.15, -0.1) is 0 Å². The molecule has 7 heteroatoms. The first-order chi connectivity index (χ1) is 9.90. The van der Waals surface area contributed by atoms with Crippen molar-refractivity contribution in [2.45, 2.75) is 52.4 Å². The highest BCUT2D eigenvalue weighted by atomic mass is 31.2. The second-order valence-corrected chi connectivity index (χ2v) is 6.10. The van der Waals surface area contributed by atoms with Crippen LogP contribution in [0.25, 0.3) is 0 Å². The number of phosphoric ester groups is 1. The molecule has 1 amide bonds. The molecule has 0 fully saturated rings. The van der Waals surface area contributed by atoms with Crippen LogP contribution in [0.2, 0.25) is 0 Å². The molecular weight excluding hydrogens is 293 g/mol. The van der Waals surface area contributed by atoms with Gasteiger partial charge in [0.1, 0.15) is 0 Å². The minimum absolute atomic E-state index is 0.0644. The summed E-state index contributed by atoms with van der Waals surface area (Å²) in [5.74, 6) is 0.0644. The molecule has 0 rings (SSSR count). The fourth-order valence-corrected chi connectivity index (χ4v) is 2.33. The van der Waals surface area contributed by atoms with Gasteiger partial charge in [-0.1, -0.05) is 31.8 Å². The maximum atomic E-state index is 11.7. The zero-order chi connectivity index (χ0) is 16.1. The highest BCUT2D eigenvalue weighted by molar-refractivity contribution is 7.46. The maximum Gasteiger partial charge on any atom is 0.469 e. The Kier molecular flexibility index (Phi) is 11.5. The molecule has 0 aliphatic carbocycles. The van der Waals surface area contributed by atoms with Gasteiger partial charge in [0.25, 0.3) is 0 Å². The van der Waals surface area contributed by atoms with Crippen LogP contribution in [0.3, 0.4) is 0 Å². The molecule has 0 aromatic heterocycles. The Labute approximate surface area is 127 Å². The Morgan fingerprint density at radius 2 is 1.71 bits per heavy atom. The lowest BCUT2D eigenvalue weighted by atomic mass is 10.1. The first kappa shape index (κ1) is 20.3. The van der Waals surface area contributed by atoms with E-state index in [1.807, 2.05) is 18.7 Å². The molecule has 0 aromatic carbocycles. The average Bonchev–Trinajstić information content (AvgIpc) is 2.40. The van der Waals surface area contributed by atoms with Gasteiger partial charge in [0, 0.05) is 13.1 Å². The van der Waals surface area contributed by atoms with Crippen molar-refractivity contribution < 1.29 is 23.7 Å². The second-order valence-electron chi connectivity index (χ2n) is 4.86. The number of unbranched alkanes of at least 4 members (excludes halogenated alkanes) is 5. The number of carbonyl (C=O) groups excluding carboxylic acids is 1. The van der Waals surface area contributed by atoms with Crippen molar-refractivity contribution in [2.75, 3.05) is 19.7 Å². The van der Waals surface area contributed by atoms with Crippen LogP contribution >= 0.6 is 7.82 Å². The molecule has 0 radical (unpaired) electrons. The minimum Gasteiger partial charge on any atom is -0.339 e. The zero-order valence-corrected chi connectivity index (χ0v) is 13.9.